The summed E-state index contributed by atoms with van der Waals surface area (Å²) in [4.78, 5) is 11.2. The van der Waals surface area contributed by atoms with Crippen LogP contribution in [-0.2, 0) is 6.42 Å². The molecule has 254 valence electrons. The van der Waals surface area contributed by atoms with Crippen LogP contribution < -0.4 is 5.11 Å². The summed E-state index contributed by atoms with van der Waals surface area (Å²) in [5, 5.41) is 31.1. The van der Waals surface area contributed by atoms with E-state index in [-0.39, 0.29) is 5.56 Å². The van der Waals surface area contributed by atoms with E-state index in [0.29, 0.717) is 12.0 Å². The Labute approximate surface area is 280 Å². The molecule has 0 spiro atoms. The number of rotatable bonds is 21. The summed E-state index contributed by atoms with van der Waals surface area (Å²) in [6.45, 7) is 17.5. The molecule has 0 amide bonds. The lowest BCUT2D eigenvalue weighted by Crippen LogP contribution is -2.02. The standard InChI is InChI=1S/C42H62O4/c1-31(2)15-9-16-32(3)17-10-18-33(4)19-11-20-34(5)21-12-22-35(6)23-13-24-36(7)25-14-26-37(8)27-28-38-29-39(42(45)46)30-40(43)41(38)44/h15,17,19,21,23,25,27,29-30,43-44H,9-14,16,18,20,22,24,26,28H2,1-8H3,(H,45,46)/p-1/b32-17+,33-19+,34-21+,35-23+,36-25+,37-27+. The largest absolute Gasteiger partial charge is 0.870 e. The van der Waals surface area contributed by atoms with Gasteiger partial charge < -0.3 is 15.3 Å². The highest BCUT2D eigenvalue weighted by molar-refractivity contribution is 5.88. The van der Waals surface area contributed by atoms with E-state index in [0.717, 1.165) is 82.3 Å². The number of phenols is 1. The van der Waals surface area contributed by atoms with Gasteiger partial charge in [-0.15, -0.1) is 0 Å². The Balaban J connectivity index is 2.33. The molecule has 1 aromatic rings. The first-order valence-corrected chi connectivity index (χ1v) is 17.1. The van der Waals surface area contributed by atoms with Gasteiger partial charge in [0.15, 0.2) is 0 Å². The summed E-state index contributed by atoms with van der Waals surface area (Å²) in [6.07, 6.45) is 29.4. The monoisotopic (exact) mass is 629 g/mol. The van der Waals surface area contributed by atoms with Gasteiger partial charge in [0, 0.05) is 0 Å². The number of carboxylic acids is 1. The SMILES string of the molecule is CC(C)=CCC/C(C)=C/CC/C(C)=C/CC/C(C)=C/CC/C(C)=C/CC/C(C)=C/CC/C(C)=C/Cc1cc(C(=O)O)cc(O)c1[O-]. The van der Waals surface area contributed by atoms with E-state index in [1.807, 2.05) is 13.0 Å². The third-order valence-electron chi connectivity index (χ3n) is 8.31. The predicted octanol–water partition coefficient (Wildman–Crippen LogP) is 12.0. The molecule has 0 radical (unpaired) electrons. The van der Waals surface area contributed by atoms with E-state index in [1.54, 1.807) is 0 Å². The predicted molar refractivity (Wildman–Crippen MR) is 196 cm³/mol. The van der Waals surface area contributed by atoms with E-state index >= 15 is 0 Å². The van der Waals surface area contributed by atoms with Crippen molar-refractivity contribution in [2.45, 2.75) is 139 Å². The van der Waals surface area contributed by atoms with Crippen molar-refractivity contribution in [3.05, 3.63) is 105 Å². The molecule has 0 bridgehead atoms. The first kappa shape index (κ1) is 40.5. The first-order valence-electron chi connectivity index (χ1n) is 17.1. The van der Waals surface area contributed by atoms with Crippen LogP contribution in [0.2, 0.25) is 0 Å². The fourth-order valence-corrected chi connectivity index (χ4v) is 5.16. The van der Waals surface area contributed by atoms with Crippen molar-refractivity contribution >= 4 is 5.97 Å². The van der Waals surface area contributed by atoms with Gasteiger partial charge in [-0.05, 0) is 157 Å². The summed E-state index contributed by atoms with van der Waals surface area (Å²) in [6, 6.07) is 2.35. The van der Waals surface area contributed by atoms with Crippen molar-refractivity contribution in [1.82, 2.24) is 0 Å². The van der Waals surface area contributed by atoms with Crippen molar-refractivity contribution in [3.8, 4) is 11.5 Å². The van der Waals surface area contributed by atoms with Crippen LogP contribution in [0.4, 0.5) is 0 Å². The molecule has 0 fully saturated rings. The summed E-state index contributed by atoms with van der Waals surface area (Å²) < 4.78 is 0. The molecule has 46 heavy (non-hydrogen) atoms. The molecule has 0 aliphatic rings. The smallest absolute Gasteiger partial charge is 0.335 e. The fourth-order valence-electron chi connectivity index (χ4n) is 5.16. The molecule has 4 heteroatoms. The van der Waals surface area contributed by atoms with Gasteiger partial charge in [-0.2, -0.15) is 0 Å². The zero-order chi connectivity index (χ0) is 34.5. The lowest BCUT2D eigenvalue weighted by atomic mass is 10.0. The summed E-state index contributed by atoms with van der Waals surface area (Å²) in [5.41, 5.74) is 10.1. The molecule has 0 atom stereocenters. The van der Waals surface area contributed by atoms with Gasteiger partial charge >= 0.3 is 5.97 Å². The molecular weight excluding hydrogens is 568 g/mol. The average molecular weight is 630 g/mol. The number of benzene rings is 1. The van der Waals surface area contributed by atoms with Crippen LogP contribution in [0.1, 0.15) is 148 Å². The number of aromatic carboxylic acids is 1. The Hall–Kier alpha value is -3.53. The van der Waals surface area contributed by atoms with Crippen molar-refractivity contribution < 1.29 is 20.1 Å². The van der Waals surface area contributed by atoms with Crippen molar-refractivity contribution in [1.29, 1.82) is 0 Å². The minimum Gasteiger partial charge on any atom is -0.870 e. The molecule has 4 nitrogen and oxygen atoms in total. The maximum atomic E-state index is 12.1. The molecule has 0 aliphatic heterocycles. The molecule has 0 aromatic heterocycles. The van der Waals surface area contributed by atoms with Crippen LogP contribution in [0.15, 0.2) is 93.7 Å². The highest BCUT2D eigenvalue weighted by Crippen LogP contribution is 2.29. The topological polar surface area (TPSA) is 80.6 Å². The molecule has 0 saturated heterocycles. The minimum absolute atomic E-state index is 0.0720. The molecule has 0 heterocycles. The Morgan fingerprint density at radius 3 is 1.22 bits per heavy atom. The number of hydrogen-bond acceptors (Lipinski definition) is 3. The Morgan fingerprint density at radius 2 is 0.891 bits per heavy atom. The van der Waals surface area contributed by atoms with E-state index in [1.165, 1.54) is 45.9 Å². The number of carbonyl (C=O) groups is 1. The molecule has 0 unspecified atom stereocenters. The van der Waals surface area contributed by atoms with Crippen molar-refractivity contribution in [2.24, 2.45) is 0 Å². The molecule has 0 saturated carbocycles. The first-order chi connectivity index (χ1) is 21.8. The second kappa shape index (κ2) is 22.9. The van der Waals surface area contributed by atoms with E-state index < -0.39 is 17.5 Å². The number of carboxylic acid groups (broad SMARTS) is 1. The number of allylic oxidation sites excluding steroid dienone is 14. The van der Waals surface area contributed by atoms with Gasteiger partial charge in [0.1, 0.15) is 5.75 Å². The Bertz CT molecular complexity index is 1320. The summed E-state index contributed by atoms with van der Waals surface area (Å²) >= 11 is 0. The van der Waals surface area contributed by atoms with Crippen molar-refractivity contribution in [3.63, 3.8) is 0 Å². The van der Waals surface area contributed by atoms with Crippen LogP contribution in [0.25, 0.3) is 0 Å². The molecular formula is C42H61O4-. The lowest BCUT2D eigenvalue weighted by Gasteiger charge is -2.15. The van der Waals surface area contributed by atoms with E-state index in [4.69, 9.17) is 5.11 Å². The summed E-state index contributed by atoms with van der Waals surface area (Å²) in [7, 11) is 0. The van der Waals surface area contributed by atoms with Gasteiger partial charge in [-0.25, -0.2) is 4.79 Å². The van der Waals surface area contributed by atoms with Crippen LogP contribution in [0.3, 0.4) is 0 Å². The highest BCUT2D eigenvalue weighted by Gasteiger charge is 2.08. The maximum absolute atomic E-state index is 12.1. The van der Waals surface area contributed by atoms with Crippen molar-refractivity contribution in [2.75, 3.05) is 0 Å². The summed E-state index contributed by atoms with van der Waals surface area (Å²) in [5.74, 6) is -2.18. The highest BCUT2D eigenvalue weighted by atomic mass is 16.4. The minimum atomic E-state index is -1.16. The second-order valence-electron chi connectivity index (χ2n) is 13.3. The lowest BCUT2D eigenvalue weighted by molar-refractivity contribution is -0.271. The van der Waals surface area contributed by atoms with Crippen LogP contribution in [0, 0.1) is 0 Å². The number of aromatic hydroxyl groups is 1. The van der Waals surface area contributed by atoms with Gasteiger partial charge in [-0.3, -0.25) is 0 Å². The molecule has 1 aromatic carbocycles. The quantitative estimate of drug-likeness (QED) is 0.133. The number of phenolic OH excluding ortho intramolecular Hbond substituents is 1. The molecule has 2 N–H and O–H groups in total. The second-order valence-corrected chi connectivity index (χ2v) is 13.3. The zero-order valence-electron chi connectivity index (χ0n) is 30.1. The Kier molecular flexibility index (Phi) is 20.2. The normalized spacial score (nSPS) is 13.7. The fraction of sp³-hybridized carbons (Fsp3) is 0.500. The Morgan fingerprint density at radius 1 is 0.565 bits per heavy atom. The molecule has 1 rings (SSSR count). The van der Waals surface area contributed by atoms with E-state index in [9.17, 15) is 15.0 Å². The number of hydrogen-bond donors (Lipinski definition) is 2. The van der Waals surface area contributed by atoms with Gasteiger partial charge in [0.25, 0.3) is 0 Å². The maximum Gasteiger partial charge on any atom is 0.335 e. The van der Waals surface area contributed by atoms with Crippen LogP contribution in [0.5, 0.6) is 11.5 Å². The van der Waals surface area contributed by atoms with Gasteiger partial charge in [0.2, 0.25) is 0 Å². The van der Waals surface area contributed by atoms with Crippen LogP contribution >= 0.6 is 0 Å². The van der Waals surface area contributed by atoms with Gasteiger partial charge in [0.05, 0.1) is 5.56 Å². The third kappa shape index (κ3) is 19.1. The zero-order valence-corrected chi connectivity index (χ0v) is 30.1. The van der Waals surface area contributed by atoms with E-state index in [2.05, 4.69) is 84.9 Å². The average Bonchev–Trinajstić information content (AvgIpc) is 2.97. The molecule has 0 aliphatic carbocycles. The van der Waals surface area contributed by atoms with Crippen LogP contribution in [-0.4, -0.2) is 16.2 Å². The van der Waals surface area contributed by atoms with Gasteiger partial charge in [-0.1, -0.05) is 87.3 Å². The third-order valence-corrected chi connectivity index (χ3v) is 8.31.